The van der Waals surface area contributed by atoms with Gasteiger partial charge in [-0.2, -0.15) is 14.0 Å². The Balaban J connectivity index is 0. The van der Waals surface area contributed by atoms with Crippen molar-refractivity contribution in [2.24, 2.45) is 5.73 Å². The van der Waals surface area contributed by atoms with Crippen molar-refractivity contribution in [2.75, 3.05) is 0 Å². The fourth-order valence-corrected chi connectivity index (χ4v) is 2.95. The Bertz CT molecular complexity index is 272. The lowest BCUT2D eigenvalue weighted by atomic mass is 9.97. The lowest BCUT2D eigenvalue weighted by Crippen LogP contribution is -2.58. The van der Waals surface area contributed by atoms with Gasteiger partial charge in [0, 0.05) is 5.54 Å². The number of nitrogens with two attached hydrogens (primary N) is 1. The van der Waals surface area contributed by atoms with Crippen LogP contribution in [-0.2, 0) is 0 Å². The van der Waals surface area contributed by atoms with Crippen LogP contribution in [0.5, 0.6) is 0 Å². The van der Waals surface area contributed by atoms with Crippen molar-refractivity contribution in [3.05, 3.63) is 0 Å². The molecule has 5 nitrogen and oxygen atoms in total. The largest absolute Gasteiger partial charge is 0.326 e. The predicted octanol–water partition coefficient (Wildman–Crippen LogP) is 2.86. The van der Waals surface area contributed by atoms with E-state index >= 15 is 0 Å². The van der Waals surface area contributed by atoms with Crippen molar-refractivity contribution in [2.45, 2.75) is 129 Å². The summed E-state index contributed by atoms with van der Waals surface area (Å²) in [4.78, 5) is 0. The molecule has 0 radical (unpaired) electrons. The molecule has 3 N–H and O–H groups in total. The number of hydrogen-bond acceptors (Lipinski definition) is 5. The minimum Gasteiger partial charge on any atom is -0.326 e. The van der Waals surface area contributed by atoms with Crippen LogP contribution in [-0.4, -0.2) is 10.2 Å². The third kappa shape index (κ3) is 39.2. The van der Waals surface area contributed by atoms with Gasteiger partial charge in [-0.15, -0.1) is 0 Å². The quantitative estimate of drug-likeness (QED) is 0.388. The molecular formula is C20H44ClNO4. The van der Waals surface area contributed by atoms with Crippen molar-refractivity contribution < 1.29 is 28.9 Å². The Hall–Kier alpha value is 0.0900. The third-order valence-corrected chi connectivity index (χ3v) is 4.42. The van der Waals surface area contributed by atoms with Gasteiger partial charge in [0.2, 0.25) is 0 Å². The second-order valence-electron chi connectivity index (χ2n) is 8.08. The zero-order valence-electron chi connectivity index (χ0n) is 17.4. The summed E-state index contributed by atoms with van der Waals surface area (Å²) in [6, 6.07) is 0. The molecule has 6 heteroatoms. The molecule has 0 aliphatic carbocycles. The SMILES string of the molecule is CCCCCCCCCCCCCCCCCC(C)(C)N.[O-][Cl+3]([O-])([O-])O. The molecule has 0 aromatic heterocycles. The van der Waals surface area contributed by atoms with Crippen LogP contribution in [0.1, 0.15) is 124 Å². The standard InChI is InChI=1S/C20H43N.ClHO4/c1-4-5-6-7-8-9-10-11-12-13-14-15-16-17-18-19-20(2,3)21;2-1(3,4)5/h4-19,21H2,1-3H3;(H,2,3,4,5). The minimum absolute atomic E-state index is 0.0382. The fourth-order valence-electron chi connectivity index (χ4n) is 2.95. The van der Waals surface area contributed by atoms with E-state index < -0.39 is 10.2 Å². The van der Waals surface area contributed by atoms with Crippen LogP contribution in [0.15, 0.2) is 0 Å². The fraction of sp³-hybridized carbons (Fsp3) is 1.00. The van der Waals surface area contributed by atoms with Gasteiger partial charge in [-0.25, -0.2) is 0 Å². The van der Waals surface area contributed by atoms with Crippen LogP contribution in [0, 0.1) is 10.2 Å². The summed E-state index contributed by atoms with van der Waals surface area (Å²) >= 11 is 0. The summed E-state index contributed by atoms with van der Waals surface area (Å²) in [5, 5.41) is 0. The first-order chi connectivity index (χ1) is 12.1. The number of rotatable bonds is 16. The highest BCUT2D eigenvalue weighted by Gasteiger charge is 2.08. The van der Waals surface area contributed by atoms with Gasteiger partial charge in [-0.1, -0.05) is 103 Å². The first kappa shape index (κ1) is 28.3. The molecule has 0 atom stereocenters. The smallest absolute Gasteiger partial charge is 0.0777 e. The molecule has 0 aliphatic rings. The van der Waals surface area contributed by atoms with Crippen molar-refractivity contribution in [3.63, 3.8) is 0 Å². The van der Waals surface area contributed by atoms with Crippen LogP contribution in [0.4, 0.5) is 0 Å². The zero-order valence-corrected chi connectivity index (χ0v) is 18.2. The van der Waals surface area contributed by atoms with Crippen LogP contribution < -0.4 is 19.7 Å². The molecule has 0 aromatic carbocycles. The lowest BCUT2D eigenvalue weighted by Gasteiger charge is -2.17. The third-order valence-electron chi connectivity index (χ3n) is 4.42. The van der Waals surface area contributed by atoms with Crippen LogP contribution >= 0.6 is 0 Å². The first-order valence-electron chi connectivity index (χ1n) is 10.5. The molecule has 0 heterocycles. The highest BCUT2D eigenvalue weighted by atomic mass is 35.7. The summed E-state index contributed by atoms with van der Waals surface area (Å²) < 4.78 is 32.7. The number of halogens is 1. The van der Waals surface area contributed by atoms with E-state index in [4.69, 9.17) is 24.4 Å². The summed E-state index contributed by atoms with van der Waals surface area (Å²) in [6.45, 7) is 6.56. The van der Waals surface area contributed by atoms with Gasteiger partial charge in [-0.3, -0.25) is 0 Å². The highest BCUT2D eigenvalue weighted by molar-refractivity contribution is 4.70. The molecule has 0 unspecified atom stereocenters. The van der Waals surface area contributed by atoms with Gasteiger partial charge in [0.05, 0.1) is 14.9 Å². The van der Waals surface area contributed by atoms with Gasteiger partial charge < -0.3 is 5.73 Å². The Kier molecular flexibility index (Phi) is 20.1. The molecule has 0 amide bonds. The Labute approximate surface area is 164 Å². The maximum atomic E-state index is 8.60. The van der Waals surface area contributed by atoms with E-state index in [-0.39, 0.29) is 5.54 Å². The number of unbranched alkanes of at least 4 members (excludes halogenated alkanes) is 14. The predicted molar refractivity (Wildman–Crippen MR) is 100 cm³/mol. The number of hydrogen-bond donors (Lipinski definition) is 2. The van der Waals surface area contributed by atoms with Crippen LogP contribution in [0.2, 0.25) is 0 Å². The maximum Gasteiger partial charge on any atom is 0.0777 e. The van der Waals surface area contributed by atoms with E-state index in [0.29, 0.717) is 0 Å². The van der Waals surface area contributed by atoms with E-state index in [1.807, 2.05) is 0 Å². The monoisotopic (exact) mass is 397 g/mol. The topological polar surface area (TPSA) is 115 Å². The summed E-state index contributed by atoms with van der Waals surface area (Å²) in [5.41, 5.74) is 6.03. The maximum absolute atomic E-state index is 8.60. The average Bonchev–Trinajstić information content (AvgIpc) is 2.48. The molecule has 0 aliphatic heterocycles. The molecule has 0 fully saturated rings. The van der Waals surface area contributed by atoms with Gasteiger partial charge in [-0.05, 0) is 20.3 Å². The van der Waals surface area contributed by atoms with E-state index in [1.54, 1.807) is 0 Å². The van der Waals surface area contributed by atoms with Crippen molar-refractivity contribution in [1.82, 2.24) is 0 Å². The molecule has 0 rings (SSSR count). The minimum atomic E-state index is -4.69. The van der Waals surface area contributed by atoms with Crippen molar-refractivity contribution in [3.8, 4) is 0 Å². The van der Waals surface area contributed by atoms with Crippen LogP contribution in [0.3, 0.4) is 0 Å². The van der Waals surface area contributed by atoms with E-state index in [0.717, 1.165) is 0 Å². The molecule has 0 spiro atoms. The molecule has 160 valence electrons. The molecule has 0 aromatic rings. The second-order valence-corrected chi connectivity index (χ2v) is 8.88. The normalized spacial score (nSPS) is 12.0. The molecule has 0 bridgehead atoms. The van der Waals surface area contributed by atoms with E-state index in [2.05, 4.69) is 20.8 Å². The lowest BCUT2D eigenvalue weighted by molar-refractivity contribution is -1.92. The van der Waals surface area contributed by atoms with Gasteiger partial charge >= 0.3 is 0 Å². The molecule has 26 heavy (non-hydrogen) atoms. The molecular weight excluding hydrogens is 354 g/mol. The Morgan fingerprint density at radius 1 is 0.654 bits per heavy atom. The van der Waals surface area contributed by atoms with Crippen molar-refractivity contribution in [1.29, 1.82) is 0 Å². The van der Waals surface area contributed by atoms with Crippen LogP contribution in [0.25, 0.3) is 0 Å². The molecule has 0 saturated carbocycles. The zero-order chi connectivity index (χ0) is 20.3. The van der Waals surface area contributed by atoms with Gasteiger partial charge in [0.1, 0.15) is 0 Å². The van der Waals surface area contributed by atoms with Gasteiger partial charge in [0.25, 0.3) is 0 Å². The second kappa shape index (κ2) is 18.5. The summed E-state index contributed by atoms with van der Waals surface area (Å²) in [7, 11) is -4.69. The Morgan fingerprint density at radius 3 is 1.12 bits per heavy atom. The van der Waals surface area contributed by atoms with E-state index in [1.165, 1.54) is 103 Å². The van der Waals surface area contributed by atoms with E-state index in [9.17, 15) is 0 Å². The molecule has 0 saturated heterocycles. The van der Waals surface area contributed by atoms with Gasteiger partial charge in [0.15, 0.2) is 0 Å². The first-order valence-corrected chi connectivity index (χ1v) is 11.7. The average molecular weight is 398 g/mol. The summed E-state index contributed by atoms with van der Waals surface area (Å²) in [5.74, 6) is 0. The summed E-state index contributed by atoms with van der Waals surface area (Å²) in [6.07, 6.45) is 22.7. The highest BCUT2D eigenvalue weighted by Crippen LogP contribution is 2.15. The Morgan fingerprint density at radius 2 is 0.885 bits per heavy atom. The van der Waals surface area contributed by atoms with Crippen molar-refractivity contribution >= 4 is 0 Å².